The molecule has 0 radical (unpaired) electrons. The summed E-state index contributed by atoms with van der Waals surface area (Å²) in [5, 5.41) is 3.64. The minimum absolute atomic E-state index is 0.00793. The van der Waals surface area contributed by atoms with Crippen molar-refractivity contribution in [2.24, 2.45) is 11.7 Å². The van der Waals surface area contributed by atoms with Crippen LogP contribution in [0.1, 0.15) is 54.4 Å². The highest BCUT2D eigenvalue weighted by molar-refractivity contribution is 6.31. The SMILES string of the molecule is C[C@]1(C(=O)Nc2cccc(Cl)c2)C(c2cccc(Cl)c2F)C[C@H](CCn2cnc3cc(C(N)=O)ccc32)N1CC1CC1. The Hall–Kier alpha value is -3.46. The number of aromatic nitrogens is 2. The summed E-state index contributed by atoms with van der Waals surface area (Å²) in [6.45, 7) is 3.31. The number of anilines is 1. The molecule has 3 atom stereocenters. The number of halogens is 3. The zero-order chi connectivity index (χ0) is 29.6. The molecule has 2 aliphatic rings. The number of benzene rings is 3. The quantitative estimate of drug-likeness (QED) is 0.223. The Morgan fingerprint density at radius 2 is 1.90 bits per heavy atom. The van der Waals surface area contributed by atoms with Gasteiger partial charge in [0.15, 0.2) is 0 Å². The molecule has 1 saturated carbocycles. The van der Waals surface area contributed by atoms with Gasteiger partial charge >= 0.3 is 0 Å². The van der Waals surface area contributed by atoms with Gasteiger partial charge in [-0.25, -0.2) is 9.37 Å². The van der Waals surface area contributed by atoms with Gasteiger partial charge in [0.1, 0.15) is 11.4 Å². The molecule has 1 aliphatic heterocycles. The lowest BCUT2D eigenvalue weighted by molar-refractivity contribution is -0.127. The number of carbonyl (C=O) groups excluding carboxylic acids is 2. The molecule has 1 unspecified atom stereocenters. The second-order valence-corrected chi connectivity index (χ2v) is 12.4. The Labute approximate surface area is 253 Å². The highest BCUT2D eigenvalue weighted by atomic mass is 35.5. The van der Waals surface area contributed by atoms with E-state index in [0.29, 0.717) is 52.7 Å². The summed E-state index contributed by atoms with van der Waals surface area (Å²) in [4.78, 5) is 32.7. The molecule has 2 heterocycles. The predicted molar refractivity (Wildman–Crippen MR) is 163 cm³/mol. The topological polar surface area (TPSA) is 93.2 Å². The molecule has 3 N–H and O–H groups in total. The maximum Gasteiger partial charge on any atom is 0.248 e. The summed E-state index contributed by atoms with van der Waals surface area (Å²) in [6, 6.07) is 17.3. The van der Waals surface area contributed by atoms with Crippen LogP contribution >= 0.6 is 23.2 Å². The van der Waals surface area contributed by atoms with Gasteiger partial charge in [-0.15, -0.1) is 0 Å². The van der Waals surface area contributed by atoms with E-state index < -0.39 is 23.2 Å². The van der Waals surface area contributed by atoms with E-state index in [2.05, 4.69) is 15.2 Å². The number of amides is 2. The second kappa shape index (κ2) is 11.3. The highest BCUT2D eigenvalue weighted by Gasteiger charge is 2.56. The predicted octanol–water partition coefficient (Wildman–Crippen LogP) is 6.64. The Bertz CT molecular complexity index is 1670. The lowest BCUT2D eigenvalue weighted by Crippen LogP contribution is -2.56. The molecule has 1 saturated heterocycles. The van der Waals surface area contributed by atoms with Crippen molar-refractivity contribution < 1.29 is 14.0 Å². The average molecular weight is 609 g/mol. The number of primary amides is 1. The molecule has 0 spiro atoms. The number of hydrogen-bond donors (Lipinski definition) is 2. The Kier molecular flexibility index (Phi) is 7.72. The second-order valence-electron chi connectivity index (χ2n) is 11.6. The van der Waals surface area contributed by atoms with Gasteiger partial charge in [-0.3, -0.25) is 14.5 Å². The van der Waals surface area contributed by atoms with Gasteiger partial charge in [0.2, 0.25) is 11.8 Å². The molecule has 1 aromatic heterocycles. The van der Waals surface area contributed by atoms with Crippen LogP contribution in [0.15, 0.2) is 67.0 Å². The Morgan fingerprint density at radius 1 is 1.12 bits per heavy atom. The number of hydrogen-bond acceptors (Lipinski definition) is 4. The molecule has 4 aromatic rings. The highest BCUT2D eigenvalue weighted by Crippen LogP contribution is 2.50. The zero-order valence-corrected chi connectivity index (χ0v) is 24.7. The van der Waals surface area contributed by atoms with E-state index in [-0.39, 0.29) is 17.0 Å². The van der Waals surface area contributed by atoms with Crippen LogP contribution in [-0.2, 0) is 11.3 Å². The molecular formula is C32H32Cl2FN5O2. The van der Waals surface area contributed by atoms with Gasteiger partial charge in [-0.05, 0) is 86.6 Å². The number of likely N-dealkylation sites (tertiary alicyclic amines) is 1. The van der Waals surface area contributed by atoms with E-state index in [1.807, 2.05) is 17.6 Å². The van der Waals surface area contributed by atoms with E-state index in [1.54, 1.807) is 54.9 Å². The van der Waals surface area contributed by atoms with Crippen molar-refractivity contribution in [1.29, 1.82) is 0 Å². The van der Waals surface area contributed by atoms with Gasteiger partial charge < -0.3 is 15.6 Å². The first-order valence-electron chi connectivity index (χ1n) is 14.2. The molecule has 6 rings (SSSR count). The molecule has 3 aromatic carbocycles. The van der Waals surface area contributed by atoms with E-state index >= 15 is 4.39 Å². The number of nitrogens with two attached hydrogens (primary N) is 1. The number of fused-ring (bicyclic) bond motifs is 1. The summed E-state index contributed by atoms with van der Waals surface area (Å²) < 4.78 is 17.6. The summed E-state index contributed by atoms with van der Waals surface area (Å²) in [7, 11) is 0. The molecule has 10 heteroatoms. The molecule has 218 valence electrons. The van der Waals surface area contributed by atoms with Crippen molar-refractivity contribution >= 4 is 51.7 Å². The fourth-order valence-corrected chi connectivity index (χ4v) is 6.79. The third-order valence-corrected chi connectivity index (χ3v) is 9.41. The monoisotopic (exact) mass is 607 g/mol. The van der Waals surface area contributed by atoms with Crippen LogP contribution in [0.4, 0.5) is 10.1 Å². The summed E-state index contributed by atoms with van der Waals surface area (Å²) in [6.07, 6.45) is 5.28. The molecule has 2 amide bonds. The maximum absolute atomic E-state index is 15.6. The van der Waals surface area contributed by atoms with Crippen molar-refractivity contribution in [2.75, 3.05) is 11.9 Å². The summed E-state index contributed by atoms with van der Waals surface area (Å²) in [5.74, 6) is -1.12. The van der Waals surface area contributed by atoms with Crippen LogP contribution in [0, 0.1) is 11.7 Å². The minimum atomic E-state index is -1.05. The first-order chi connectivity index (χ1) is 20.1. The van der Waals surface area contributed by atoms with Crippen LogP contribution in [0.2, 0.25) is 10.0 Å². The van der Waals surface area contributed by atoms with Crippen molar-refractivity contribution in [3.05, 3.63) is 94.0 Å². The molecule has 1 aliphatic carbocycles. The summed E-state index contributed by atoms with van der Waals surface area (Å²) in [5.41, 5.74) is 7.43. The average Bonchev–Trinajstić information content (AvgIpc) is 3.63. The standard InChI is InChI=1S/C32H32Cl2FN5O2/c1-32(31(42)38-22-5-2-4-21(33)15-22)25(24-6-3-7-26(34)29(24)35)16-23(40(32)17-19-8-9-19)12-13-39-18-37-27-14-20(30(36)41)10-11-28(27)39/h2-7,10-11,14-15,18-19,23,25H,8-9,12-13,16-17H2,1H3,(H2,36,41)(H,38,42)/t23-,25?,32+/m0/s1. The number of nitrogens with zero attached hydrogens (tertiary/aromatic N) is 3. The fraction of sp³-hybridized carbons (Fsp3) is 0.344. The maximum atomic E-state index is 15.6. The number of rotatable bonds is 9. The molecule has 7 nitrogen and oxygen atoms in total. The number of imidazole rings is 1. The molecule has 0 bridgehead atoms. The largest absolute Gasteiger partial charge is 0.366 e. The number of aryl methyl sites for hydroxylation is 1. The molecular weight excluding hydrogens is 576 g/mol. The molecule has 42 heavy (non-hydrogen) atoms. The lowest BCUT2D eigenvalue weighted by atomic mass is 9.79. The van der Waals surface area contributed by atoms with Crippen LogP contribution in [0.25, 0.3) is 11.0 Å². The van der Waals surface area contributed by atoms with E-state index in [4.69, 9.17) is 28.9 Å². The van der Waals surface area contributed by atoms with Gasteiger partial charge in [-0.2, -0.15) is 0 Å². The van der Waals surface area contributed by atoms with Crippen molar-refractivity contribution in [3.63, 3.8) is 0 Å². The minimum Gasteiger partial charge on any atom is -0.366 e. The zero-order valence-electron chi connectivity index (χ0n) is 23.2. The summed E-state index contributed by atoms with van der Waals surface area (Å²) >= 11 is 12.5. The van der Waals surface area contributed by atoms with Gasteiger partial charge in [0.25, 0.3) is 0 Å². The Balaban J connectivity index is 1.35. The van der Waals surface area contributed by atoms with E-state index in [0.717, 1.165) is 24.9 Å². The van der Waals surface area contributed by atoms with E-state index in [9.17, 15) is 9.59 Å². The normalized spacial score (nSPS) is 22.5. The van der Waals surface area contributed by atoms with Crippen LogP contribution in [0.3, 0.4) is 0 Å². The molecule has 2 fully saturated rings. The van der Waals surface area contributed by atoms with Crippen LogP contribution in [-0.4, -0.2) is 44.4 Å². The van der Waals surface area contributed by atoms with Gasteiger partial charge in [0.05, 0.1) is 22.4 Å². The third kappa shape index (κ3) is 5.39. The van der Waals surface area contributed by atoms with Crippen LogP contribution < -0.4 is 11.1 Å². The first kappa shape index (κ1) is 28.6. The smallest absolute Gasteiger partial charge is 0.248 e. The lowest BCUT2D eigenvalue weighted by Gasteiger charge is -2.40. The van der Waals surface area contributed by atoms with Gasteiger partial charge in [0, 0.05) is 41.3 Å². The van der Waals surface area contributed by atoms with Crippen molar-refractivity contribution in [1.82, 2.24) is 14.5 Å². The van der Waals surface area contributed by atoms with E-state index in [1.165, 1.54) is 6.07 Å². The Morgan fingerprint density at radius 3 is 2.64 bits per heavy atom. The van der Waals surface area contributed by atoms with Gasteiger partial charge in [-0.1, -0.05) is 41.4 Å². The first-order valence-corrected chi connectivity index (χ1v) is 14.9. The number of nitrogens with one attached hydrogen (secondary N) is 1. The fourth-order valence-electron chi connectivity index (χ4n) is 6.41. The van der Waals surface area contributed by atoms with Crippen LogP contribution in [0.5, 0.6) is 0 Å². The van der Waals surface area contributed by atoms with Crippen molar-refractivity contribution in [2.45, 2.75) is 56.7 Å². The number of carbonyl (C=O) groups is 2. The third-order valence-electron chi connectivity index (χ3n) is 8.88. The van der Waals surface area contributed by atoms with Crippen molar-refractivity contribution in [3.8, 4) is 0 Å².